The Morgan fingerprint density at radius 2 is 1.82 bits per heavy atom. The molecule has 0 fully saturated rings. The lowest BCUT2D eigenvalue weighted by atomic mass is 10.0. The van der Waals surface area contributed by atoms with Gasteiger partial charge in [-0.1, -0.05) is 0 Å². The average molecular weight is 162 g/mol. The molecule has 3 nitrogen and oxygen atoms in total. The van der Waals surface area contributed by atoms with Gasteiger partial charge in [0, 0.05) is 0 Å². The number of rotatable bonds is 4. The predicted molar refractivity (Wildman–Crippen MR) is 43.4 cm³/mol. The van der Waals surface area contributed by atoms with E-state index in [0.29, 0.717) is 0 Å². The standard InChI is InChI=1S/C8H18O3/c1-6(2)11-5-7(9)8(3,4)10/h6-7,9-10H,5H2,1-4H3. The van der Waals surface area contributed by atoms with Crippen LogP contribution in [0.4, 0.5) is 0 Å². The third-order valence-electron chi connectivity index (χ3n) is 1.40. The van der Waals surface area contributed by atoms with E-state index in [1.165, 1.54) is 0 Å². The number of hydrogen-bond donors (Lipinski definition) is 2. The Hall–Kier alpha value is -0.120. The summed E-state index contributed by atoms with van der Waals surface area (Å²) in [5.74, 6) is 0. The molecule has 0 radical (unpaired) electrons. The summed E-state index contributed by atoms with van der Waals surface area (Å²) in [4.78, 5) is 0. The van der Waals surface area contributed by atoms with Gasteiger partial charge in [-0.3, -0.25) is 0 Å². The first-order chi connectivity index (χ1) is 4.84. The Kier molecular flexibility index (Phi) is 4.00. The molecule has 3 heteroatoms. The molecule has 0 aromatic heterocycles. The molecule has 0 aliphatic carbocycles. The van der Waals surface area contributed by atoms with E-state index < -0.39 is 11.7 Å². The maximum absolute atomic E-state index is 9.27. The molecule has 2 N–H and O–H groups in total. The smallest absolute Gasteiger partial charge is 0.105 e. The van der Waals surface area contributed by atoms with Crippen molar-refractivity contribution in [2.24, 2.45) is 0 Å². The zero-order valence-corrected chi connectivity index (χ0v) is 7.66. The van der Waals surface area contributed by atoms with Gasteiger partial charge >= 0.3 is 0 Å². The Morgan fingerprint density at radius 1 is 1.36 bits per heavy atom. The predicted octanol–water partition coefficient (Wildman–Crippen LogP) is 0.543. The summed E-state index contributed by atoms with van der Waals surface area (Å²) in [7, 11) is 0. The highest BCUT2D eigenvalue weighted by atomic mass is 16.5. The molecule has 0 bridgehead atoms. The molecule has 0 saturated carbocycles. The summed E-state index contributed by atoms with van der Waals surface area (Å²) in [6, 6.07) is 0. The highest BCUT2D eigenvalue weighted by Crippen LogP contribution is 2.08. The Morgan fingerprint density at radius 3 is 2.09 bits per heavy atom. The van der Waals surface area contributed by atoms with Gasteiger partial charge in [-0.05, 0) is 27.7 Å². The zero-order chi connectivity index (χ0) is 9.07. The van der Waals surface area contributed by atoms with E-state index in [2.05, 4.69) is 0 Å². The van der Waals surface area contributed by atoms with E-state index in [9.17, 15) is 10.2 Å². The molecule has 0 spiro atoms. The van der Waals surface area contributed by atoms with Crippen molar-refractivity contribution in [3.8, 4) is 0 Å². The zero-order valence-electron chi connectivity index (χ0n) is 7.66. The third kappa shape index (κ3) is 5.18. The van der Waals surface area contributed by atoms with Crippen molar-refractivity contribution in [3.05, 3.63) is 0 Å². The lowest BCUT2D eigenvalue weighted by molar-refractivity contribution is -0.0950. The first-order valence-corrected chi connectivity index (χ1v) is 3.86. The largest absolute Gasteiger partial charge is 0.388 e. The van der Waals surface area contributed by atoms with Gasteiger partial charge in [0.1, 0.15) is 6.10 Å². The molecular weight excluding hydrogens is 144 g/mol. The normalized spacial score (nSPS) is 15.5. The fourth-order valence-corrected chi connectivity index (χ4v) is 0.488. The second kappa shape index (κ2) is 4.04. The third-order valence-corrected chi connectivity index (χ3v) is 1.40. The SMILES string of the molecule is CC(C)OCC(O)C(C)(C)O. The average Bonchev–Trinajstić information content (AvgIpc) is 1.80. The maximum Gasteiger partial charge on any atom is 0.105 e. The van der Waals surface area contributed by atoms with Crippen LogP contribution in [0, 0.1) is 0 Å². The summed E-state index contributed by atoms with van der Waals surface area (Å²) < 4.78 is 5.12. The molecular formula is C8H18O3. The van der Waals surface area contributed by atoms with Crippen molar-refractivity contribution < 1.29 is 14.9 Å². The van der Waals surface area contributed by atoms with Crippen LogP contribution in [0.2, 0.25) is 0 Å². The Bertz CT molecular complexity index is 104. The van der Waals surface area contributed by atoms with Gasteiger partial charge < -0.3 is 14.9 Å². The van der Waals surface area contributed by atoms with Crippen LogP contribution in [-0.4, -0.2) is 34.6 Å². The van der Waals surface area contributed by atoms with Gasteiger partial charge in [0.25, 0.3) is 0 Å². The van der Waals surface area contributed by atoms with Crippen LogP contribution in [0.1, 0.15) is 27.7 Å². The second-order valence-corrected chi connectivity index (χ2v) is 3.55. The number of aliphatic hydroxyl groups excluding tert-OH is 1. The van der Waals surface area contributed by atoms with Crippen molar-refractivity contribution in [2.45, 2.75) is 45.5 Å². The fourth-order valence-electron chi connectivity index (χ4n) is 0.488. The van der Waals surface area contributed by atoms with Crippen LogP contribution in [-0.2, 0) is 4.74 Å². The van der Waals surface area contributed by atoms with E-state index in [0.717, 1.165) is 0 Å². The van der Waals surface area contributed by atoms with E-state index in [-0.39, 0.29) is 12.7 Å². The maximum atomic E-state index is 9.27. The van der Waals surface area contributed by atoms with Crippen LogP contribution < -0.4 is 0 Å². The Balaban J connectivity index is 3.61. The number of hydrogen-bond acceptors (Lipinski definition) is 3. The molecule has 0 rings (SSSR count). The summed E-state index contributed by atoms with van der Waals surface area (Å²) >= 11 is 0. The monoisotopic (exact) mass is 162 g/mol. The fraction of sp³-hybridized carbons (Fsp3) is 1.00. The van der Waals surface area contributed by atoms with Gasteiger partial charge in [0.05, 0.1) is 18.3 Å². The second-order valence-electron chi connectivity index (χ2n) is 3.55. The highest BCUT2D eigenvalue weighted by Gasteiger charge is 2.24. The molecule has 0 aliphatic heterocycles. The van der Waals surface area contributed by atoms with Crippen LogP contribution in [0.15, 0.2) is 0 Å². The molecule has 0 heterocycles. The minimum atomic E-state index is -1.07. The van der Waals surface area contributed by atoms with Crippen molar-refractivity contribution in [2.75, 3.05) is 6.61 Å². The minimum Gasteiger partial charge on any atom is -0.388 e. The van der Waals surface area contributed by atoms with Crippen LogP contribution in [0.3, 0.4) is 0 Å². The summed E-state index contributed by atoms with van der Waals surface area (Å²) in [6.45, 7) is 7.07. The Labute approximate surface area is 68.0 Å². The van der Waals surface area contributed by atoms with Gasteiger partial charge in [0.2, 0.25) is 0 Å². The summed E-state index contributed by atoms with van der Waals surface area (Å²) in [5, 5.41) is 18.5. The molecule has 1 unspecified atom stereocenters. The van der Waals surface area contributed by atoms with E-state index in [4.69, 9.17) is 4.74 Å². The van der Waals surface area contributed by atoms with Crippen molar-refractivity contribution in [3.63, 3.8) is 0 Å². The van der Waals surface area contributed by atoms with Crippen LogP contribution in [0.25, 0.3) is 0 Å². The van der Waals surface area contributed by atoms with E-state index >= 15 is 0 Å². The van der Waals surface area contributed by atoms with E-state index in [1.54, 1.807) is 13.8 Å². The molecule has 0 aromatic rings. The highest BCUT2D eigenvalue weighted by molar-refractivity contribution is 4.75. The van der Waals surface area contributed by atoms with E-state index in [1.807, 2.05) is 13.8 Å². The molecule has 0 saturated heterocycles. The molecule has 0 aromatic carbocycles. The van der Waals surface area contributed by atoms with Crippen molar-refractivity contribution in [1.29, 1.82) is 0 Å². The molecule has 0 aliphatic rings. The van der Waals surface area contributed by atoms with Crippen LogP contribution >= 0.6 is 0 Å². The minimum absolute atomic E-state index is 0.0898. The van der Waals surface area contributed by atoms with Gasteiger partial charge in [-0.15, -0.1) is 0 Å². The van der Waals surface area contributed by atoms with Gasteiger partial charge in [-0.2, -0.15) is 0 Å². The lowest BCUT2D eigenvalue weighted by Crippen LogP contribution is -2.39. The summed E-state index contributed by atoms with van der Waals surface area (Å²) in [6.07, 6.45) is -0.725. The van der Waals surface area contributed by atoms with Crippen molar-refractivity contribution in [1.82, 2.24) is 0 Å². The van der Waals surface area contributed by atoms with Gasteiger partial charge in [0.15, 0.2) is 0 Å². The molecule has 0 amide bonds. The topological polar surface area (TPSA) is 49.7 Å². The first kappa shape index (κ1) is 10.9. The van der Waals surface area contributed by atoms with Crippen molar-refractivity contribution >= 4 is 0 Å². The lowest BCUT2D eigenvalue weighted by Gasteiger charge is -2.24. The number of aliphatic hydroxyl groups is 2. The quantitative estimate of drug-likeness (QED) is 0.634. The number of ether oxygens (including phenoxy) is 1. The van der Waals surface area contributed by atoms with Gasteiger partial charge in [-0.25, -0.2) is 0 Å². The molecule has 1 atom stereocenters. The summed E-state index contributed by atoms with van der Waals surface area (Å²) in [5.41, 5.74) is -1.07. The first-order valence-electron chi connectivity index (χ1n) is 3.86. The van der Waals surface area contributed by atoms with Crippen LogP contribution in [0.5, 0.6) is 0 Å². The molecule has 68 valence electrons. The molecule has 11 heavy (non-hydrogen) atoms.